The topological polar surface area (TPSA) is 66.6 Å². The summed E-state index contributed by atoms with van der Waals surface area (Å²) in [6.07, 6.45) is 0. The Bertz CT molecular complexity index is 530. The monoisotopic (exact) mass is 294 g/mol. The van der Waals surface area contributed by atoms with E-state index in [0.717, 1.165) is 20.9 Å². The van der Waals surface area contributed by atoms with Crippen molar-refractivity contribution in [3.8, 4) is 0 Å². The molecule has 0 bridgehead atoms. The van der Waals surface area contributed by atoms with Crippen molar-refractivity contribution in [3.05, 3.63) is 35.2 Å². The maximum absolute atomic E-state index is 10.8. The average Bonchev–Trinajstić information content (AvgIpc) is 2.79. The second-order valence-corrected chi connectivity index (χ2v) is 6.39. The summed E-state index contributed by atoms with van der Waals surface area (Å²) >= 11 is 1.54. The molecule has 0 spiro atoms. The molecule has 2 aromatic rings. The van der Waals surface area contributed by atoms with Crippen LogP contribution >= 0.6 is 11.3 Å². The Kier molecular flexibility index (Phi) is 5.98. The summed E-state index contributed by atoms with van der Waals surface area (Å²) in [6.45, 7) is 8.23. The summed E-state index contributed by atoms with van der Waals surface area (Å²) < 4.78 is 1.13. The number of nitrogens with two attached hydrogens (primary N) is 1. The highest BCUT2D eigenvalue weighted by atomic mass is 32.1. The summed E-state index contributed by atoms with van der Waals surface area (Å²) in [5.41, 5.74) is 5.01. The number of hydrogen-bond donors (Lipinski definition) is 2. The Labute approximate surface area is 123 Å². The molecule has 1 atom stereocenters. The normalized spacial score (nSPS) is 11.9. The zero-order chi connectivity index (χ0) is 15.3. The van der Waals surface area contributed by atoms with Crippen LogP contribution in [0.3, 0.4) is 0 Å². The second-order valence-electron chi connectivity index (χ2n) is 5.28. The van der Waals surface area contributed by atoms with Crippen LogP contribution in [0.5, 0.6) is 0 Å². The first kappa shape index (κ1) is 16.5. The molecule has 0 radical (unpaired) electrons. The number of hydrogen-bond acceptors (Lipinski definition) is 3. The van der Waals surface area contributed by atoms with Crippen molar-refractivity contribution in [1.29, 1.82) is 0 Å². The number of urea groups is 1. The number of fused-ring (bicyclic) bond motifs is 1. The van der Waals surface area contributed by atoms with Crippen molar-refractivity contribution in [1.82, 2.24) is 5.06 Å². The van der Waals surface area contributed by atoms with Gasteiger partial charge in [0.2, 0.25) is 0 Å². The van der Waals surface area contributed by atoms with Gasteiger partial charge in [-0.1, -0.05) is 39.0 Å². The number of carbonyl (C=O) groups excluding carboxylic acids is 1. The van der Waals surface area contributed by atoms with E-state index in [1.165, 1.54) is 0 Å². The number of amides is 2. The van der Waals surface area contributed by atoms with Gasteiger partial charge in [-0.25, -0.2) is 4.79 Å². The fourth-order valence-electron chi connectivity index (χ4n) is 1.52. The van der Waals surface area contributed by atoms with Gasteiger partial charge in [0.1, 0.15) is 0 Å². The van der Waals surface area contributed by atoms with Gasteiger partial charge in [-0.2, -0.15) is 5.06 Å². The van der Waals surface area contributed by atoms with Gasteiger partial charge < -0.3 is 5.73 Å². The van der Waals surface area contributed by atoms with Crippen LogP contribution in [0.1, 0.15) is 38.6 Å². The summed E-state index contributed by atoms with van der Waals surface area (Å²) in [5.74, 6) is 0.833. The van der Waals surface area contributed by atoms with Crippen molar-refractivity contribution in [3.63, 3.8) is 0 Å². The molecular weight excluding hydrogens is 272 g/mol. The molecule has 0 aliphatic carbocycles. The molecular formula is C15H22N2O2S. The number of nitrogens with zero attached hydrogens (tertiary/aromatic N) is 1. The third kappa shape index (κ3) is 4.51. The minimum atomic E-state index is -0.843. The Balaban J connectivity index is 0.000000444. The summed E-state index contributed by atoms with van der Waals surface area (Å²) in [5, 5.41) is 11.1. The second kappa shape index (κ2) is 7.26. The highest BCUT2D eigenvalue weighted by molar-refractivity contribution is 7.19. The minimum Gasteiger partial charge on any atom is -0.350 e. The largest absolute Gasteiger partial charge is 0.350 e. The average molecular weight is 294 g/mol. The summed E-state index contributed by atoms with van der Waals surface area (Å²) in [4.78, 5) is 11.7. The number of rotatable bonds is 2. The standard InChI is InChI=1S/C11H12N2O2S.C4H10/c1-7(13(15)11(12)14)10-6-8-4-2-3-5-9(8)16-10;1-4(2)3/h2-7,15H,1H3,(H2,12,14);4H,1-3H3. The van der Waals surface area contributed by atoms with Gasteiger partial charge in [-0.05, 0) is 30.4 Å². The lowest BCUT2D eigenvalue weighted by molar-refractivity contribution is -0.0700. The Morgan fingerprint density at radius 2 is 1.80 bits per heavy atom. The van der Waals surface area contributed by atoms with Crippen LogP contribution in [-0.4, -0.2) is 16.3 Å². The van der Waals surface area contributed by atoms with Gasteiger partial charge in [0.25, 0.3) is 0 Å². The number of carbonyl (C=O) groups is 1. The molecule has 0 fully saturated rings. The van der Waals surface area contributed by atoms with Crippen LogP contribution in [0.2, 0.25) is 0 Å². The zero-order valence-electron chi connectivity index (χ0n) is 12.3. The van der Waals surface area contributed by atoms with Crippen LogP contribution in [-0.2, 0) is 0 Å². The Morgan fingerprint density at radius 3 is 2.30 bits per heavy atom. The van der Waals surface area contributed by atoms with E-state index in [1.54, 1.807) is 18.3 Å². The third-order valence-corrected chi connectivity index (χ3v) is 3.74. The SMILES string of the molecule is CC(C)C.CC(c1cc2ccccc2s1)N(O)C(N)=O. The van der Waals surface area contributed by atoms with E-state index in [4.69, 9.17) is 5.73 Å². The third-order valence-electron chi connectivity index (χ3n) is 2.45. The number of thiophene rings is 1. The van der Waals surface area contributed by atoms with Crippen LogP contribution in [0, 0.1) is 5.92 Å². The molecule has 1 aromatic heterocycles. The van der Waals surface area contributed by atoms with Crippen LogP contribution in [0.25, 0.3) is 10.1 Å². The van der Waals surface area contributed by atoms with E-state index in [9.17, 15) is 10.0 Å². The molecule has 0 saturated carbocycles. The first-order chi connectivity index (χ1) is 9.32. The lowest BCUT2D eigenvalue weighted by atomic mass is 10.2. The van der Waals surface area contributed by atoms with E-state index in [1.807, 2.05) is 30.3 Å². The number of hydroxylamine groups is 2. The zero-order valence-corrected chi connectivity index (χ0v) is 13.1. The smallest absolute Gasteiger partial charge is 0.339 e. The van der Waals surface area contributed by atoms with Crippen molar-refractivity contribution < 1.29 is 10.0 Å². The lowest BCUT2D eigenvalue weighted by Gasteiger charge is -2.18. The first-order valence-corrected chi connectivity index (χ1v) is 7.40. The van der Waals surface area contributed by atoms with Crippen molar-refractivity contribution in [2.24, 2.45) is 11.7 Å². The van der Waals surface area contributed by atoms with Gasteiger partial charge in [0.15, 0.2) is 0 Å². The fourth-order valence-corrected chi connectivity index (χ4v) is 2.62. The molecule has 1 unspecified atom stereocenters. The molecule has 1 heterocycles. The first-order valence-electron chi connectivity index (χ1n) is 6.59. The van der Waals surface area contributed by atoms with Crippen LogP contribution < -0.4 is 5.73 Å². The van der Waals surface area contributed by atoms with Gasteiger partial charge in [-0.3, -0.25) is 5.21 Å². The van der Waals surface area contributed by atoms with Crippen molar-refractivity contribution in [2.75, 3.05) is 0 Å². The molecule has 1 aromatic carbocycles. The number of benzene rings is 1. The van der Waals surface area contributed by atoms with E-state index in [2.05, 4.69) is 20.8 Å². The van der Waals surface area contributed by atoms with Crippen molar-refractivity contribution >= 4 is 27.5 Å². The molecule has 0 aliphatic rings. The Morgan fingerprint density at radius 1 is 1.25 bits per heavy atom. The quantitative estimate of drug-likeness (QED) is 0.637. The highest BCUT2D eigenvalue weighted by Crippen LogP contribution is 2.31. The van der Waals surface area contributed by atoms with E-state index >= 15 is 0 Å². The van der Waals surface area contributed by atoms with Crippen LogP contribution in [0.4, 0.5) is 4.79 Å². The minimum absolute atomic E-state index is 0.421. The summed E-state index contributed by atoms with van der Waals surface area (Å²) in [7, 11) is 0. The lowest BCUT2D eigenvalue weighted by Crippen LogP contribution is -2.34. The van der Waals surface area contributed by atoms with Gasteiger partial charge >= 0.3 is 6.03 Å². The summed E-state index contributed by atoms with van der Waals surface area (Å²) in [6, 6.07) is 8.60. The van der Waals surface area contributed by atoms with Gasteiger partial charge in [0.05, 0.1) is 6.04 Å². The van der Waals surface area contributed by atoms with Crippen LogP contribution in [0.15, 0.2) is 30.3 Å². The maximum Gasteiger partial charge on any atom is 0.339 e. The van der Waals surface area contributed by atoms with E-state index in [-0.39, 0.29) is 0 Å². The Hall–Kier alpha value is -1.59. The molecule has 2 amide bonds. The maximum atomic E-state index is 10.8. The molecule has 0 saturated heterocycles. The predicted molar refractivity (Wildman–Crippen MR) is 84.0 cm³/mol. The van der Waals surface area contributed by atoms with E-state index < -0.39 is 12.1 Å². The van der Waals surface area contributed by atoms with E-state index in [0.29, 0.717) is 5.06 Å². The van der Waals surface area contributed by atoms with Gasteiger partial charge in [0, 0.05) is 9.58 Å². The molecule has 110 valence electrons. The molecule has 3 N–H and O–H groups in total. The predicted octanol–water partition coefficient (Wildman–Crippen LogP) is 4.39. The fraction of sp³-hybridized carbons (Fsp3) is 0.400. The molecule has 4 nitrogen and oxygen atoms in total. The molecule has 0 aliphatic heterocycles. The molecule has 5 heteroatoms. The molecule has 2 rings (SSSR count). The number of primary amides is 1. The van der Waals surface area contributed by atoms with Gasteiger partial charge in [-0.15, -0.1) is 11.3 Å². The van der Waals surface area contributed by atoms with Crippen molar-refractivity contribution in [2.45, 2.75) is 33.7 Å². The highest BCUT2D eigenvalue weighted by Gasteiger charge is 2.18. The molecule has 20 heavy (non-hydrogen) atoms.